The third-order valence-corrected chi connectivity index (χ3v) is 6.07. The number of fused-ring (bicyclic) bond motifs is 2. The number of nitrogens with zero attached hydrogens (tertiary/aromatic N) is 3. The Kier molecular flexibility index (Phi) is 4.58. The zero-order chi connectivity index (χ0) is 20.7. The minimum atomic E-state index is -0.131. The van der Waals surface area contributed by atoms with Crippen molar-refractivity contribution in [2.75, 3.05) is 11.4 Å². The van der Waals surface area contributed by atoms with Crippen molar-refractivity contribution in [2.45, 2.75) is 32.4 Å². The number of hydrogen-bond acceptors (Lipinski definition) is 3. The summed E-state index contributed by atoms with van der Waals surface area (Å²) in [7, 11) is 0. The lowest BCUT2D eigenvalue weighted by atomic mass is 9.99. The van der Waals surface area contributed by atoms with E-state index in [4.69, 9.17) is 0 Å². The molecule has 5 rings (SSSR count). The summed E-state index contributed by atoms with van der Waals surface area (Å²) in [4.78, 5) is 34.3. The second-order valence-corrected chi connectivity index (χ2v) is 8.03. The van der Waals surface area contributed by atoms with Gasteiger partial charge >= 0.3 is 0 Å². The van der Waals surface area contributed by atoms with Gasteiger partial charge in [0.1, 0.15) is 5.69 Å². The summed E-state index contributed by atoms with van der Waals surface area (Å²) >= 11 is 0. The highest BCUT2D eigenvalue weighted by molar-refractivity contribution is 6.08. The first-order valence-corrected chi connectivity index (χ1v) is 10.4. The topological polar surface area (TPSA) is 53.5 Å². The van der Waals surface area contributed by atoms with E-state index in [0.717, 1.165) is 18.5 Å². The van der Waals surface area contributed by atoms with Crippen LogP contribution in [-0.4, -0.2) is 34.3 Å². The van der Waals surface area contributed by atoms with Crippen LogP contribution in [0, 0.1) is 0 Å². The lowest BCUT2D eigenvalue weighted by Gasteiger charge is -2.28. The monoisotopic (exact) mass is 397 g/mol. The Bertz CT molecular complexity index is 1140. The Labute approximate surface area is 176 Å². The predicted octanol–water partition coefficient (Wildman–Crippen LogP) is 3.87. The molecular formula is C25H23N3O2. The van der Waals surface area contributed by atoms with Crippen LogP contribution in [0.5, 0.6) is 0 Å². The molecule has 0 saturated heterocycles. The van der Waals surface area contributed by atoms with Crippen LogP contribution in [-0.2, 0) is 19.4 Å². The van der Waals surface area contributed by atoms with Gasteiger partial charge in [-0.1, -0.05) is 42.5 Å². The molecule has 5 heteroatoms. The molecule has 0 radical (unpaired) electrons. The zero-order valence-electron chi connectivity index (χ0n) is 16.9. The first-order chi connectivity index (χ1) is 14.6. The fraction of sp³-hybridized carbons (Fsp3) is 0.240. The van der Waals surface area contributed by atoms with Crippen molar-refractivity contribution < 1.29 is 9.59 Å². The molecule has 0 N–H and O–H groups in total. The molecule has 3 aromatic rings. The minimum Gasteiger partial charge on any atom is -0.333 e. The van der Waals surface area contributed by atoms with Gasteiger partial charge in [0.05, 0.1) is 0 Å². The molecule has 0 saturated carbocycles. The van der Waals surface area contributed by atoms with E-state index in [9.17, 15) is 9.59 Å². The standard InChI is InChI=1S/C25H23N3O2/c1-17-14-19-7-4-5-9-23(19)28(17)24(29)20-10-12-26-22(15-20)25(30)27-13-11-18-6-2-3-8-21(18)16-27/h2-10,12,15,17H,11,13-14,16H2,1H3. The molecule has 1 atom stereocenters. The van der Waals surface area contributed by atoms with Gasteiger partial charge in [-0.25, -0.2) is 0 Å². The first kappa shape index (κ1) is 18.6. The van der Waals surface area contributed by atoms with E-state index in [-0.39, 0.29) is 17.9 Å². The Morgan fingerprint density at radius 3 is 2.50 bits per heavy atom. The van der Waals surface area contributed by atoms with Gasteiger partial charge in [0, 0.05) is 36.6 Å². The number of carbonyl (C=O) groups excluding carboxylic acids is 2. The van der Waals surface area contributed by atoms with Crippen LogP contribution in [0.2, 0.25) is 0 Å². The molecule has 2 aromatic carbocycles. The van der Waals surface area contributed by atoms with Crippen LogP contribution in [0.3, 0.4) is 0 Å². The average molecular weight is 397 g/mol. The molecule has 2 aliphatic heterocycles. The molecule has 2 aliphatic rings. The maximum atomic E-state index is 13.3. The predicted molar refractivity (Wildman–Crippen MR) is 116 cm³/mol. The molecule has 0 bridgehead atoms. The Morgan fingerprint density at radius 2 is 1.67 bits per heavy atom. The average Bonchev–Trinajstić information content (AvgIpc) is 3.13. The van der Waals surface area contributed by atoms with Crippen molar-refractivity contribution in [3.05, 3.63) is 94.8 Å². The van der Waals surface area contributed by atoms with Crippen LogP contribution in [0.1, 0.15) is 44.5 Å². The van der Waals surface area contributed by atoms with Crippen molar-refractivity contribution in [3.63, 3.8) is 0 Å². The summed E-state index contributed by atoms with van der Waals surface area (Å²) in [6.07, 6.45) is 3.24. The van der Waals surface area contributed by atoms with E-state index < -0.39 is 0 Å². The highest BCUT2D eigenvalue weighted by atomic mass is 16.2. The molecule has 150 valence electrons. The Hall–Kier alpha value is -3.47. The number of benzene rings is 2. The summed E-state index contributed by atoms with van der Waals surface area (Å²) < 4.78 is 0. The van der Waals surface area contributed by atoms with E-state index in [1.54, 1.807) is 18.3 Å². The van der Waals surface area contributed by atoms with Crippen LogP contribution in [0.4, 0.5) is 5.69 Å². The summed E-state index contributed by atoms with van der Waals surface area (Å²) in [6, 6.07) is 19.6. The lowest BCUT2D eigenvalue weighted by Crippen LogP contribution is -2.37. The van der Waals surface area contributed by atoms with Crippen LogP contribution < -0.4 is 4.90 Å². The normalized spacial score (nSPS) is 17.4. The number of rotatable bonds is 2. The first-order valence-electron chi connectivity index (χ1n) is 10.4. The lowest BCUT2D eigenvalue weighted by molar-refractivity contribution is 0.0728. The largest absolute Gasteiger partial charge is 0.333 e. The van der Waals surface area contributed by atoms with Gasteiger partial charge in [0.15, 0.2) is 0 Å². The van der Waals surface area contributed by atoms with Crippen molar-refractivity contribution in [2.24, 2.45) is 0 Å². The Morgan fingerprint density at radius 1 is 0.933 bits per heavy atom. The summed E-state index contributed by atoms with van der Waals surface area (Å²) in [6.45, 7) is 3.29. The molecule has 1 aromatic heterocycles. The van der Waals surface area contributed by atoms with Gasteiger partial charge in [0.2, 0.25) is 0 Å². The number of para-hydroxylation sites is 1. The number of hydrogen-bond donors (Lipinski definition) is 0. The zero-order valence-corrected chi connectivity index (χ0v) is 16.9. The van der Waals surface area contributed by atoms with Crippen LogP contribution in [0.25, 0.3) is 0 Å². The number of pyridine rings is 1. The highest BCUT2D eigenvalue weighted by Crippen LogP contribution is 2.33. The summed E-state index contributed by atoms with van der Waals surface area (Å²) in [5, 5.41) is 0. The van der Waals surface area contributed by atoms with Crippen molar-refractivity contribution >= 4 is 17.5 Å². The Balaban J connectivity index is 1.40. The molecule has 0 fully saturated rings. The smallest absolute Gasteiger partial charge is 0.272 e. The fourth-order valence-electron chi connectivity index (χ4n) is 4.53. The van der Waals surface area contributed by atoms with E-state index in [0.29, 0.717) is 24.3 Å². The number of amides is 2. The minimum absolute atomic E-state index is 0.0841. The van der Waals surface area contributed by atoms with Gasteiger partial charge in [-0.05, 0) is 54.7 Å². The van der Waals surface area contributed by atoms with Crippen molar-refractivity contribution in [3.8, 4) is 0 Å². The van der Waals surface area contributed by atoms with E-state index in [1.165, 1.54) is 16.7 Å². The van der Waals surface area contributed by atoms with Crippen LogP contribution in [0.15, 0.2) is 66.9 Å². The maximum Gasteiger partial charge on any atom is 0.272 e. The summed E-state index contributed by atoms with van der Waals surface area (Å²) in [5.41, 5.74) is 5.41. The highest BCUT2D eigenvalue weighted by Gasteiger charge is 2.32. The molecular weight excluding hydrogens is 374 g/mol. The molecule has 1 unspecified atom stereocenters. The second-order valence-electron chi connectivity index (χ2n) is 8.03. The maximum absolute atomic E-state index is 13.3. The molecule has 0 aliphatic carbocycles. The third-order valence-electron chi connectivity index (χ3n) is 6.07. The van der Waals surface area contributed by atoms with Gasteiger partial charge in [-0.3, -0.25) is 14.6 Å². The van der Waals surface area contributed by atoms with Gasteiger partial charge < -0.3 is 9.80 Å². The number of carbonyl (C=O) groups is 2. The number of anilines is 1. The van der Waals surface area contributed by atoms with Crippen molar-refractivity contribution in [1.29, 1.82) is 0 Å². The van der Waals surface area contributed by atoms with Crippen molar-refractivity contribution in [1.82, 2.24) is 9.88 Å². The molecule has 30 heavy (non-hydrogen) atoms. The summed E-state index contributed by atoms with van der Waals surface area (Å²) in [5.74, 6) is -0.220. The molecule has 3 heterocycles. The fourth-order valence-corrected chi connectivity index (χ4v) is 4.53. The third kappa shape index (κ3) is 3.16. The van der Waals surface area contributed by atoms with E-state index in [2.05, 4.69) is 30.1 Å². The SMILES string of the molecule is CC1Cc2ccccc2N1C(=O)c1ccnc(C(=O)N2CCc3ccccc3C2)c1. The molecule has 2 amide bonds. The molecule has 0 spiro atoms. The molecule has 5 nitrogen and oxygen atoms in total. The van der Waals surface area contributed by atoms with Gasteiger partial charge in [-0.15, -0.1) is 0 Å². The number of aromatic nitrogens is 1. The van der Waals surface area contributed by atoms with E-state index in [1.807, 2.05) is 40.1 Å². The quantitative estimate of drug-likeness (QED) is 0.660. The van der Waals surface area contributed by atoms with Crippen LogP contribution >= 0.6 is 0 Å². The van der Waals surface area contributed by atoms with E-state index >= 15 is 0 Å². The second kappa shape index (κ2) is 7.41. The van der Waals surface area contributed by atoms with Gasteiger partial charge in [0.25, 0.3) is 11.8 Å². The van der Waals surface area contributed by atoms with Gasteiger partial charge in [-0.2, -0.15) is 0 Å².